The van der Waals surface area contributed by atoms with Gasteiger partial charge in [-0.2, -0.15) is 0 Å². The van der Waals surface area contributed by atoms with Gasteiger partial charge < -0.3 is 19.8 Å². The summed E-state index contributed by atoms with van der Waals surface area (Å²) in [5, 5.41) is 15.2. The third kappa shape index (κ3) is 5.42. The highest BCUT2D eigenvalue weighted by Crippen LogP contribution is 2.25. The van der Waals surface area contributed by atoms with Gasteiger partial charge in [0.1, 0.15) is 17.8 Å². The Morgan fingerprint density at radius 2 is 1.96 bits per heavy atom. The summed E-state index contributed by atoms with van der Waals surface area (Å²) in [6, 6.07) is 1.84. The lowest BCUT2D eigenvalue weighted by Crippen LogP contribution is -2.37. The largest absolute Gasteiger partial charge is 0.357 e. The van der Waals surface area contributed by atoms with Gasteiger partial charge in [0, 0.05) is 32.4 Å². The van der Waals surface area contributed by atoms with Crippen LogP contribution in [0.25, 0.3) is 0 Å². The van der Waals surface area contributed by atoms with Gasteiger partial charge >= 0.3 is 0 Å². The van der Waals surface area contributed by atoms with Crippen LogP contribution in [0.1, 0.15) is 25.5 Å². The van der Waals surface area contributed by atoms with E-state index < -0.39 is 0 Å². The molecule has 2 N–H and O–H groups in total. The molecule has 0 spiro atoms. The van der Waals surface area contributed by atoms with Crippen molar-refractivity contribution in [3.8, 4) is 0 Å². The van der Waals surface area contributed by atoms with Gasteiger partial charge in [-0.3, -0.25) is 0 Å². The average Bonchev–Trinajstić information content (AvgIpc) is 3.17. The fourth-order valence-electron chi connectivity index (χ4n) is 2.21. The fourth-order valence-corrected chi connectivity index (χ4v) is 2.62. The third-order valence-electron chi connectivity index (χ3n) is 3.56. The number of aromatic nitrogens is 4. The first-order valence-corrected chi connectivity index (χ1v) is 8.71. The van der Waals surface area contributed by atoms with Crippen molar-refractivity contribution in [2.45, 2.75) is 32.9 Å². The topological polar surface area (TPSA) is 72.1 Å². The van der Waals surface area contributed by atoms with E-state index in [2.05, 4.69) is 25.8 Å². The number of halogens is 2. The minimum Gasteiger partial charge on any atom is -0.357 e. The predicted molar refractivity (Wildman–Crippen MR) is 97.5 cm³/mol. The minimum atomic E-state index is 0.513. The summed E-state index contributed by atoms with van der Waals surface area (Å²) in [5.41, 5.74) is 0.967. The van der Waals surface area contributed by atoms with Crippen LogP contribution in [-0.4, -0.2) is 38.4 Å². The van der Waals surface area contributed by atoms with Crippen LogP contribution < -0.4 is 10.6 Å². The van der Waals surface area contributed by atoms with E-state index in [9.17, 15) is 0 Å². The van der Waals surface area contributed by atoms with Crippen LogP contribution in [-0.2, 0) is 20.1 Å². The van der Waals surface area contributed by atoms with Crippen molar-refractivity contribution in [3.05, 3.63) is 34.6 Å². The number of unbranched alkanes of at least 4 members (excludes halogenated alkanes) is 1. The molecule has 0 radical (unpaired) electrons. The quantitative estimate of drug-likeness (QED) is 0.424. The zero-order valence-corrected chi connectivity index (χ0v) is 15.5. The van der Waals surface area contributed by atoms with Crippen LogP contribution >= 0.6 is 23.2 Å². The minimum absolute atomic E-state index is 0.513. The molecule has 2 aromatic rings. The van der Waals surface area contributed by atoms with Gasteiger partial charge in [0.15, 0.2) is 5.96 Å². The monoisotopic (exact) mass is 371 g/mol. The highest BCUT2D eigenvalue weighted by Gasteiger charge is 2.08. The van der Waals surface area contributed by atoms with Gasteiger partial charge in [-0.15, -0.1) is 10.2 Å². The Balaban J connectivity index is 1.78. The Labute approximate surface area is 152 Å². The maximum atomic E-state index is 6.08. The number of aryl methyl sites for hydroxylation is 1. The van der Waals surface area contributed by atoms with Crippen molar-refractivity contribution < 1.29 is 0 Å². The summed E-state index contributed by atoms with van der Waals surface area (Å²) in [6.45, 7) is 5.13. The number of rotatable bonds is 8. The molecular formula is C15H23Cl2N7. The van der Waals surface area contributed by atoms with Crippen molar-refractivity contribution in [1.29, 1.82) is 0 Å². The SMILES string of the molecule is CCNC(=NCc1cc(Cl)c(Cl)n1C)NCCCCn1cnnc1. The lowest BCUT2D eigenvalue weighted by molar-refractivity contribution is 0.597. The third-order valence-corrected chi connectivity index (χ3v) is 4.40. The second-order valence-corrected chi connectivity index (χ2v) is 6.13. The van der Waals surface area contributed by atoms with Crippen LogP contribution in [0.2, 0.25) is 10.2 Å². The molecule has 0 bridgehead atoms. The molecule has 0 aliphatic carbocycles. The van der Waals surface area contributed by atoms with Gasteiger partial charge in [-0.05, 0) is 25.8 Å². The Kier molecular flexibility index (Phi) is 7.39. The molecule has 2 aromatic heterocycles. The first-order valence-electron chi connectivity index (χ1n) is 7.96. The van der Waals surface area contributed by atoms with Gasteiger partial charge in [0.2, 0.25) is 0 Å². The van der Waals surface area contributed by atoms with Crippen molar-refractivity contribution in [1.82, 2.24) is 30.0 Å². The molecule has 0 atom stereocenters. The molecule has 0 aliphatic heterocycles. The number of nitrogens with one attached hydrogen (secondary N) is 2. The molecule has 0 fully saturated rings. The van der Waals surface area contributed by atoms with E-state index in [1.807, 2.05) is 29.2 Å². The summed E-state index contributed by atoms with van der Waals surface area (Å²) < 4.78 is 3.82. The van der Waals surface area contributed by atoms with Crippen molar-refractivity contribution >= 4 is 29.2 Å². The maximum absolute atomic E-state index is 6.08. The van der Waals surface area contributed by atoms with Gasteiger partial charge in [-0.1, -0.05) is 23.2 Å². The Hall–Kier alpha value is -1.73. The molecule has 0 aromatic carbocycles. The first kappa shape index (κ1) is 18.6. The summed E-state index contributed by atoms with van der Waals surface area (Å²) in [7, 11) is 1.88. The Morgan fingerprint density at radius 1 is 1.21 bits per heavy atom. The Bertz CT molecular complexity index is 649. The molecule has 9 heteroatoms. The molecule has 0 aliphatic rings. The molecule has 132 valence electrons. The summed E-state index contributed by atoms with van der Waals surface area (Å²) in [6.07, 6.45) is 5.54. The van der Waals surface area contributed by atoms with E-state index in [1.165, 1.54) is 0 Å². The zero-order chi connectivity index (χ0) is 17.4. The smallest absolute Gasteiger partial charge is 0.191 e. The molecule has 0 saturated carbocycles. The fraction of sp³-hybridized carbons (Fsp3) is 0.533. The van der Waals surface area contributed by atoms with Crippen LogP contribution in [0.3, 0.4) is 0 Å². The Morgan fingerprint density at radius 3 is 2.58 bits per heavy atom. The maximum Gasteiger partial charge on any atom is 0.191 e. The van der Waals surface area contributed by atoms with Crippen molar-refractivity contribution in [2.75, 3.05) is 13.1 Å². The second kappa shape index (κ2) is 9.54. The zero-order valence-electron chi connectivity index (χ0n) is 14.0. The van der Waals surface area contributed by atoms with Crippen molar-refractivity contribution in [2.24, 2.45) is 12.0 Å². The standard InChI is InChI=1S/C15H23Cl2N7/c1-3-18-15(19-6-4-5-7-24-10-21-22-11-24)20-9-12-8-13(16)14(17)23(12)2/h8,10-11H,3-7,9H2,1-2H3,(H2,18,19,20). The summed E-state index contributed by atoms with van der Waals surface area (Å²) >= 11 is 12.1. The van der Waals surface area contributed by atoms with Crippen LogP contribution in [0, 0.1) is 0 Å². The van der Waals surface area contributed by atoms with Crippen LogP contribution in [0.15, 0.2) is 23.7 Å². The molecule has 2 rings (SSSR count). The van der Waals surface area contributed by atoms with E-state index >= 15 is 0 Å². The van der Waals surface area contributed by atoms with Crippen LogP contribution in [0.5, 0.6) is 0 Å². The van der Waals surface area contributed by atoms with E-state index in [1.54, 1.807) is 12.7 Å². The summed E-state index contributed by atoms with van der Waals surface area (Å²) in [5.74, 6) is 0.787. The lowest BCUT2D eigenvalue weighted by Gasteiger charge is -2.11. The molecule has 0 amide bonds. The number of aliphatic imine (C=N–C) groups is 1. The van der Waals surface area contributed by atoms with Gasteiger partial charge in [-0.25, -0.2) is 4.99 Å². The van der Waals surface area contributed by atoms with Crippen LogP contribution in [0.4, 0.5) is 0 Å². The molecule has 2 heterocycles. The van der Waals surface area contributed by atoms with Gasteiger partial charge in [0.05, 0.1) is 11.6 Å². The average molecular weight is 372 g/mol. The first-order chi connectivity index (χ1) is 11.6. The molecular weight excluding hydrogens is 349 g/mol. The van der Waals surface area contributed by atoms with E-state index in [0.29, 0.717) is 16.7 Å². The normalized spacial score (nSPS) is 11.8. The van der Waals surface area contributed by atoms with E-state index in [0.717, 1.165) is 44.1 Å². The van der Waals surface area contributed by atoms with Gasteiger partial charge in [0.25, 0.3) is 0 Å². The van der Waals surface area contributed by atoms with Crippen molar-refractivity contribution in [3.63, 3.8) is 0 Å². The number of hydrogen-bond acceptors (Lipinski definition) is 3. The second-order valence-electron chi connectivity index (χ2n) is 5.36. The predicted octanol–water partition coefficient (Wildman–Crippen LogP) is 2.46. The highest BCUT2D eigenvalue weighted by atomic mass is 35.5. The molecule has 0 saturated heterocycles. The molecule has 0 unspecified atom stereocenters. The number of hydrogen-bond donors (Lipinski definition) is 2. The molecule has 7 nitrogen and oxygen atoms in total. The number of guanidine groups is 1. The lowest BCUT2D eigenvalue weighted by atomic mass is 10.3. The molecule has 24 heavy (non-hydrogen) atoms. The van der Waals surface area contributed by atoms with E-state index in [-0.39, 0.29) is 0 Å². The number of nitrogens with zero attached hydrogens (tertiary/aromatic N) is 5. The summed E-state index contributed by atoms with van der Waals surface area (Å²) in [4.78, 5) is 4.58. The highest BCUT2D eigenvalue weighted by molar-refractivity contribution is 6.41. The van der Waals surface area contributed by atoms with E-state index in [4.69, 9.17) is 23.2 Å².